The average Bonchev–Trinajstić information content (AvgIpc) is 2.34. The predicted octanol–water partition coefficient (Wildman–Crippen LogP) is 0.834. The van der Waals surface area contributed by atoms with Crippen LogP contribution in [-0.4, -0.2) is 66.7 Å². The minimum absolute atomic E-state index is 0.0493. The molecule has 2 aliphatic heterocycles. The maximum Gasteiger partial charge on any atom is 0.317 e. The fourth-order valence-corrected chi connectivity index (χ4v) is 2.85. The van der Waals surface area contributed by atoms with E-state index >= 15 is 0 Å². The Morgan fingerprint density at radius 2 is 1.90 bits per heavy atom. The van der Waals surface area contributed by atoms with E-state index < -0.39 is 5.97 Å². The van der Waals surface area contributed by atoms with Crippen LogP contribution in [0.25, 0.3) is 0 Å². The molecule has 0 aromatic heterocycles. The lowest BCUT2D eigenvalue weighted by Crippen LogP contribution is -2.55. The molecule has 114 valence electrons. The van der Waals surface area contributed by atoms with Crippen molar-refractivity contribution >= 4 is 12.0 Å². The minimum Gasteiger partial charge on any atom is -0.481 e. The van der Waals surface area contributed by atoms with Gasteiger partial charge in [-0.25, -0.2) is 4.79 Å². The van der Waals surface area contributed by atoms with E-state index in [1.54, 1.807) is 4.90 Å². The first kappa shape index (κ1) is 15.1. The summed E-state index contributed by atoms with van der Waals surface area (Å²) in [4.78, 5) is 26.5. The van der Waals surface area contributed by atoms with Crippen LogP contribution in [0.2, 0.25) is 0 Å². The van der Waals surface area contributed by atoms with E-state index in [1.165, 1.54) is 0 Å². The Morgan fingerprint density at radius 1 is 1.30 bits per heavy atom. The Kier molecular flexibility index (Phi) is 4.52. The molecular weight excluding hydrogens is 258 g/mol. The van der Waals surface area contributed by atoms with Crippen molar-refractivity contribution in [1.82, 2.24) is 15.1 Å². The van der Waals surface area contributed by atoms with Gasteiger partial charge in [0.05, 0.1) is 6.42 Å². The van der Waals surface area contributed by atoms with Gasteiger partial charge in [0.2, 0.25) is 0 Å². The van der Waals surface area contributed by atoms with Gasteiger partial charge in [-0.3, -0.25) is 4.79 Å². The predicted molar refractivity (Wildman–Crippen MR) is 75.6 cm³/mol. The molecule has 0 unspecified atom stereocenters. The summed E-state index contributed by atoms with van der Waals surface area (Å²) in [6, 6.07) is -0.0493. The molecule has 0 aromatic carbocycles. The second-order valence-corrected chi connectivity index (χ2v) is 6.64. The zero-order chi connectivity index (χ0) is 14.8. The lowest BCUT2D eigenvalue weighted by molar-refractivity contribution is -0.139. The number of carboxylic acids is 1. The fourth-order valence-electron chi connectivity index (χ4n) is 2.85. The molecule has 2 N–H and O–H groups in total. The highest BCUT2D eigenvalue weighted by Crippen LogP contribution is 2.29. The quantitative estimate of drug-likeness (QED) is 0.802. The molecular formula is C14H25N3O3. The van der Waals surface area contributed by atoms with E-state index in [0.717, 1.165) is 25.9 Å². The van der Waals surface area contributed by atoms with Crippen molar-refractivity contribution in [2.75, 3.05) is 39.8 Å². The van der Waals surface area contributed by atoms with Crippen molar-refractivity contribution in [2.24, 2.45) is 11.3 Å². The summed E-state index contributed by atoms with van der Waals surface area (Å²) in [6.07, 6.45) is 2.37. The Morgan fingerprint density at radius 3 is 2.45 bits per heavy atom. The molecule has 0 atom stereocenters. The lowest BCUT2D eigenvalue weighted by Gasteiger charge is -2.41. The summed E-state index contributed by atoms with van der Waals surface area (Å²) in [7, 11) is 2.13. The highest BCUT2D eigenvalue weighted by molar-refractivity contribution is 5.75. The van der Waals surface area contributed by atoms with Crippen molar-refractivity contribution in [3.8, 4) is 0 Å². The van der Waals surface area contributed by atoms with Crippen LogP contribution in [0.15, 0.2) is 0 Å². The third-order valence-corrected chi connectivity index (χ3v) is 4.57. The van der Waals surface area contributed by atoms with E-state index in [9.17, 15) is 9.59 Å². The van der Waals surface area contributed by atoms with Crippen molar-refractivity contribution in [3.63, 3.8) is 0 Å². The number of nitrogens with zero attached hydrogens (tertiary/aromatic N) is 2. The van der Waals surface area contributed by atoms with Crippen molar-refractivity contribution in [3.05, 3.63) is 0 Å². The molecule has 0 aliphatic carbocycles. The summed E-state index contributed by atoms with van der Waals surface area (Å²) >= 11 is 0. The molecule has 0 aromatic rings. The van der Waals surface area contributed by atoms with Crippen molar-refractivity contribution in [2.45, 2.75) is 26.2 Å². The van der Waals surface area contributed by atoms with E-state index in [4.69, 9.17) is 5.11 Å². The summed E-state index contributed by atoms with van der Waals surface area (Å²) in [5.74, 6) is -0.661. The highest BCUT2D eigenvalue weighted by atomic mass is 16.4. The second kappa shape index (κ2) is 5.99. The van der Waals surface area contributed by atoms with Crippen molar-refractivity contribution < 1.29 is 14.7 Å². The molecule has 0 saturated carbocycles. The molecule has 0 radical (unpaired) electrons. The number of carboxylic acid groups (broad SMARTS) is 1. The van der Waals surface area contributed by atoms with Crippen LogP contribution in [0.4, 0.5) is 4.79 Å². The zero-order valence-corrected chi connectivity index (χ0v) is 12.4. The van der Waals surface area contributed by atoms with Crippen LogP contribution in [0, 0.1) is 11.3 Å². The Balaban J connectivity index is 1.67. The maximum absolute atomic E-state index is 12.0. The number of amides is 2. The van der Waals surface area contributed by atoms with Crippen LogP contribution >= 0.6 is 0 Å². The number of hydrogen-bond acceptors (Lipinski definition) is 3. The van der Waals surface area contributed by atoms with Gasteiger partial charge in [0, 0.05) is 25.6 Å². The topological polar surface area (TPSA) is 72.9 Å². The van der Waals surface area contributed by atoms with Gasteiger partial charge in [-0.05, 0) is 38.4 Å². The molecule has 0 spiro atoms. The average molecular weight is 283 g/mol. The Bertz CT molecular complexity index is 372. The molecule has 2 rings (SSSR count). The number of likely N-dealkylation sites (tertiary alicyclic amines) is 2. The molecule has 2 heterocycles. The Hall–Kier alpha value is -1.30. The van der Waals surface area contributed by atoms with Crippen LogP contribution in [-0.2, 0) is 4.79 Å². The number of hydrogen-bond donors (Lipinski definition) is 2. The van der Waals surface area contributed by atoms with Gasteiger partial charge in [-0.15, -0.1) is 0 Å². The van der Waals surface area contributed by atoms with Crippen LogP contribution < -0.4 is 5.32 Å². The number of carbonyl (C=O) groups is 2. The monoisotopic (exact) mass is 283 g/mol. The van der Waals surface area contributed by atoms with E-state index in [0.29, 0.717) is 19.6 Å². The molecule has 2 amide bonds. The number of carbonyl (C=O) groups excluding carboxylic acids is 1. The first-order chi connectivity index (χ1) is 9.38. The standard InChI is InChI=1S/C14H25N3O3/c1-14(3-5-16(2)6-4-14)10-15-13(20)17-8-11(9-17)7-12(18)19/h11H,3-10H2,1-2H3,(H,15,20)(H,18,19). The van der Waals surface area contributed by atoms with Crippen LogP contribution in [0.5, 0.6) is 0 Å². The van der Waals surface area contributed by atoms with E-state index in [2.05, 4.69) is 24.2 Å². The van der Waals surface area contributed by atoms with Crippen LogP contribution in [0.1, 0.15) is 26.2 Å². The number of rotatable bonds is 4. The maximum atomic E-state index is 12.0. The molecule has 20 heavy (non-hydrogen) atoms. The normalized spacial score (nSPS) is 23.2. The van der Waals surface area contributed by atoms with Gasteiger partial charge >= 0.3 is 12.0 Å². The first-order valence-electron chi connectivity index (χ1n) is 7.31. The molecule has 2 fully saturated rings. The summed E-state index contributed by atoms with van der Waals surface area (Å²) < 4.78 is 0. The molecule has 6 heteroatoms. The highest BCUT2D eigenvalue weighted by Gasteiger charge is 2.34. The summed E-state index contributed by atoms with van der Waals surface area (Å²) in [6.45, 7) is 6.23. The largest absolute Gasteiger partial charge is 0.481 e. The van der Waals surface area contributed by atoms with Crippen LogP contribution in [0.3, 0.4) is 0 Å². The van der Waals surface area contributed by atoms with E-state index in [1.807, 2.05) is 0 Å². The lowest BCUT2D eigenvalue weighted by atomic mass is 9.80. The molecule has 2 aliphatic rings. The smallest absolute Gasteiger partial charge is 0.317 e. The van der Waals surface area contributed by atoms with Gasteiger partial charge in [0.15, 0.2) is 0 Å². The number of nitrogens with one attached hydrogen (secondary N) is 1. The summed E-state index contributed by atoms with van der Waals surface area (Å²) in [5, 5.41) is 11.7. The van der Waals surface area contributed by atoms with Gasteiger partial charge < -0.3 is 20.2 Å². The SMILES string of the molecule is CN1CCC(C)(CNC(=O)N2CC(CC(=O)O)C2)CC1. The minimum atomic E-state index is -0.783. The number of piperidine rings is 1. The first-order valence-corrected chi connectivity index (χ1v) is 7.31. The molecule has 6 nitrogen and oxygen atoms in total. The van der Waals surface area contributed by atoms with Gasteiger partial charge in [0.1, 0.15) is 0 Å². The molecule has 2 saturated heterocycles. The van der Waals surface area contributed by atoms with Crippen molar-refractivity contribution in [1.29, 1.82) is 0 Å². The number of urea groups is 1. The summed E-state index contributed by atoms with van der Waals surface area (Å²) in [5.41, 5.74) is 0.188. The Labute approximate surface area is 120 Å². The fraction of sp³-hybridized carbons (Fsp3) is 0.857. The number of aliphatic carboxylic acids is 1. The second-order valence-electron chi connectivity index (χ2n) is 6.64. The molecule has 0 bridgehead atoms. The third kappa shape index (κ3) is 3.85. The zero-order valence-electron chi connectivity index (χ0n) is 12.4. The van der Waals surface area contributed by atoms with Gasteiger partial charge in [-0.1, -0.05) is 6.92 Å². The van der Waals surface area contributed by atoms with E-state index in [-0.39, 0.29) is 23.8 Å². The van der Waals surface area contributed by atoms with Gasteiger partial charge in [0.25, 0.3) is 0 Å². The van der Waals surface area contributed by atoms with Gasteiger partial charge in [-0.2, -0.15) is 0 Å². The third-order valence-electron chi connectivity index (χ3n) is 4.57.